The zero-order valence-corrected chi connectivity index (χ0v) is 24.5. The molecule has 0 unspecified atom stereocenters. The Balaban J connectivity index is 1.60. The molecule has 0 aliphatic carbocycles. The maximum atomic E-state index is 13.2. The van der Waals surface area contributed by atoms with Crippen LogP contribution in [0.1, 0.15) is 32.8 Å². The first kappa shape index (κ1) is 28.0. The normalized spacial score (nSPS) is 18.9. The summed E-state index contributed by atoms with van der Waals surface area (Å²) in [6, 6.07) is 10.6. The van der Waals surface area contributed by atoms with Gasteiger partial charge in [-0.15, -0.1) is 0 Å². The molecule has 2 atom stereocenters. The molecule has 1 aliphatic heterocycles. The van der Waals surface area contributed by atoms with Gasteiger partial charge < -0.3 is 14.6 Å². The van der Waals surface area contributed by atoms with Gasteiger partial charge in [-0.2, -0.15) is 0 Å². The van der Waals surface area contributed by atoms with Crippen molar-refractivity contribution < 1.29 is 17.6 Å². The predicted octanol–water partition coefficient (Wildman–Crippen LogP) is 4.40. The smallest absolute Gasteiger partial charge is 0.246 e. The van der Waals surface area contributed by atoms with Crippen LogP contribution >= 0.6 is 0 Å². The monoisotopic (exact) mass is 555 g/mol. The number of carbonyl (C=O) groups is 1. The fraction of sp³-hybridized carbons (Fsp3) is 0.444. The summed E-state index contributed by atoms with van der Waals surface area (Å²) in [5.74, 6) is 0.233. The average molecular weight is 556 g/mol. The lowest BCUT2D eigenvalue weighted by Gasteiger charge is -2.44. The van der Waals surface area contributed by atoms with Gasteiger partial charge in [0.1, 0.15) is 12.1 Å². The third-order valence-electron chi connectivity index (χ3n) is 7.45. The first-order valence-electron chi connectivity index (χ1n) is 12.8. The number of hydrogen-bond acceptors (Lipinski definition) is 7. The maximum absolute atomic E-state index is 13.2. The summed E-state index contributed by atoms with van der Waals surface area (Å²) in [6.07, 6.45) is 4.75. The van der Waals surface area contributed by atoms with Crippen molar-refractivity contribution in [2.24, 2.45) is 0 Å². The van der Waals surface area contributed by atoms with Gasteiger partial charge in [0.25, 0.3) is 0 Å². The fourth-order valence-electron chi connectivity index (χ4n) is 4.46. The van der Waals surface area contributed by atoms with Crippen LogP contribution in [0.2, 0.25) is 18.1 Å². The summed E-state index contributed by atoms with van der Waals surface area (Å²) in [6.45, 7) is 15.6. The molecule has 0 saturated carbocycles. The van der Waals surface area contributed by atoms with Gasteiger partial charge >= 0.3 is 0 Å². The minimum Gasteiger partial charge on any atom is -0.412 e. The Kier molecular flexibility index (Phi) is 7.83. The fourth-order valence-corrected chi connectivity index (χ4v) is 7.23. The topological polar surface area (TPSA) is 106 Å². The molecular weight excluding hydrogens is 518 g/mol. The van der Waals surface area contributed by atoms with E-state index in [1.165, 1.54) is 22.6 Å². The number of aromatic nitrogens is 3. The van der Waals surface area contributed by atoms with Crippen LogP contribution in [0.3, 0.4) is 0 Å². The Morgan fingerprint density at radius 3 is 2.55 bits per heavy atom. The van der Waals surface area contributed by atoms with E-state index in [1.54, 1.807) is 23.1 Å². The highest BCUT2D eigenvalue weighted by Gasteiger charge is 2.41. The molecule has 9 nitrogen and oxygen atoms in total. The first-order valence-corrected chi connectivity index (χ1v) is 17.3. The largest absolute Gasteiger partial charge is 0.412 e. The number of amides is 1. The molecular formula is C27H37N5O4SSi. The Morgan fingerprint density at radius 1 is 1.18 bits per heavy atom. The molecule has 1 saturated heterocycles. The number of nitrogens with one attached hydrogen (secondary N) is 1. The van der Waals surface area contributed by atoms with Crippen LogP contribution in [-0.2, 0) is 25.0 Å². The number of carbonyl (C=O) groups excluding carboxylic acids is 1. The predicted molar refractivity (Wildman–Crippen MR) is 153 cm³/mol. The van der Waals surface area contributed by atoms with Gasteiger partial charge in [-0.3, -0.25) is 4.79 Å². The van der Waals surface area contributed by atoms with Gasteiger partial charge in [0, 0.05) is 25.3 Å². The van der Waals surface area contributed by atoms with Crippen LogP contribution < -0.4 is 5.32 Å². The molecule has 11 heteroatoms. The highest BCUT2D eigenvalue weighted by atomic mass is 32.2. The molecule has 2 aromatic heterocycles. The van der Waals surface area contributed by atoms with Gasteiger partial charge in [-0.05, 0) is 42.3 Å². The van der Waals surface area contributed by atoms with Gasteiger partial charge in [-0.1, -0.05) is 57.7 Å². The third-order valence-corrected chi connectivity index (χ3v) is 13.6. The number of fused-ring (bicyclic) bond motifs is 1. The minimum absolute atomic E-state index is 0.0353. The zero-order valence-electron chi connectivity index (χ0n) is 22.7. The lowest BCUT2D eigenvalue weighted by Crippen LogP contribution is -2.55. The van der Waals surface area contributed by atoms with Gasteiger partial charge in [0.15, 0.2) is 14.0 Å². The second-order valence-electron chi connectivity index (χ2n) is 11.3. The van der Waals surface area contributed by atoms with Crippen molar-refractivity contribution in [1.82, 2.24) is 18.8 Å². The number of likely N-dealkylation sites (tertiary alicyclic amines) is 1. The molecule has 1 fully saturated rings. The highest BCUT2D eigenvalue weighted by molar-refractivity contribution is 7.89. The molecule has 0 bridgehead atoms. The van der Waals surface area contributed by atoms with E-state index in [9.17, 15) is 13.2 Å². The van der Waals surface area contributed by atoms with E-state index in [2.05, 4.69) is 55.7 Å². The van der Waals surface area contributed by atoms with E-state index < -0.39 is 18.3 Å². The Hall–Kier alpha value is -3.02. The molecule has 1 aliphatic rings. The number of rotatable bonds is 8. The number of nitrogens with zero attached hydrogens (tertiary/aromatic N) is 4. The lowest BCUT2D eigenvalue weighted by molar-refractivity contribution is -0.128. The molecule has 0 spiro atoms. The summed E-state index contributed by atoms with van der Waals surface area (Å²) in [5.41, 5.74) is 1.01. The quantitative estimate of drug-likeness (QED) is 0.324. The number of hydrogen-bond donors (Lipinski definition) is 1. The molecule has 1 amide bonds. The molecule has 204 valence electrons. The Bertz CT molecular complexity index is 1420. The van der Waals surface area contributed by atoms with Crippen LogP contribution in [0.25, 0.3) is 11.0 Å². The minimum atomic E-state index is -3.69. The van der Waals surface area contributed by atoms with Crippen molar-refractivity contribution in [3.63, 3.8) is 0 Å². The second kappa shape index (κ2) is 10.6. The number of piperidine rings is 1. The Morgan fingerprint density at radius 2 is 1.89 bits per heavy atom. The SMILES string of the molecule is C=CC(=O)N1C[C@H](Nc2ncnc3c2ccn3S(=O)(=O)Cc2ccccc2)C[C@H](O[Si](C)(C)C(C)(C)C)C1. The van der Waals surface area contributed by atoms with E-state index in [-0.39, 0.29) is 28.8 Å². The van der Waals surface area contributed by atoms with Crippen molar-refractivity contribution in [2.45, 2.75) is 63.2 Å². The summed E-state index contributed by atoms with van der Waals surface area (Å²) in [7, 11) is -5.76. The van der Waals surface area contributed by atoms with Crippen molar-refractivity contribution in [2.75, 3.05) is 18.4 Å². The summed E-state index contributed by atoms with van der Waals surface area (Å²) in [5, 5.41) is 4.08. The Labute approximate surface area is 226 Å². The van der Waals surface area contributed by atoms with Crippen molar-refractivity contribution in [3.8, 4) is 0 Å². The molecule has 38 heavy (non-hydrogen) atoms. The maximum Gasteiger partial charge on any atom is 0.246 e. The molecule has 1 aromatic carbocycles. The average Bonchev–Trinajstić information content (AvgIpc) is 3.29. The molecule has 4 rings (SSSR count). The third kappa shape index (κ3) is 6.00. The van der Waals surface area contributed by atoms with Crippen LogP contribution in [0.4, 0.5) is 5.82 Å². The summed E-state index contributed by atoms with van der Waals surface area (Å²) < 4.78 is 34.3. The van der Waals surface area contributed by atoms with Crippen LogP contribution in [0.15, 0.2) is 61.6 Å². The van der Waals surface area contributed by atoms with Crippen molar-refractivity contribution in [3.05, 3.63) is 67.1 Å². The van der Waals surface area contributed by atoms with Crippen molar-refractivity contribution in [1.29, 1.82) is 0 Å². The van der Waals surface area contributed by atoms with Gasteiger partial charge in [0.2, 0.25) is 15.9 Å². The van der Waals surface area contributed by atoms with E-state index in [1.807, 2.05) is 18.2 Å². The number of anilines is 1. The molecule has 1 N–H and O–H groups in total. The molecule has 3 heterocycles. The van der Waals surface area contributed by atoms with E-state index >= 15 is 0 Å². The first-order chi connectivity index (χ1) is 17.8. The molecule has 3 aromatic rings. The lowest BCUT2D eigenvalue weighted by atomic mass is 10.0. The van der Waals surface area contributed by atoms with E-state index in [0.29, 0.717) is 41.9 Å². The van der Waals surface area contributed by atoms with E-state index in [4.69, 9.17) is 4.43 Å². The standard InChI is InChI=1S/C27H37N5O4SSi/c1-7-24(33)31-16-21(15-22(17-31)36-38(5,6)27(2,3)4)30-25-23-13-14-32(26(23)29-19-28-25)37(34,35)18-20-11-9-8-10-12-20/h7-14,19,21-22H,1,15-18H2,2-6H3,(H,28,29,30)/t21-,22+/m1/s1. The van der Waals surface area contributed by atoms with Crippen LogP contribution in [0, 0.1) is 0 Å². The van der Waals surface area contributed by atoms with Gasteiger partial charge in [-0.25, -0.2) is 22.4 Å². The summed E-state index contributed by atoms with van der Waals surface area (Å²) >= 11 is 0. The van der Waals surface area contributed by atoms with E-state index in [0.717, 1.165) is 0 Å². The van der Waals surface area contributed by atoms with Crippen LogP contribution in [-0.4, -0.2) is 66.7 Å². The number of benzene rings is 1. The van der Waals surface area contributed by atoms with Gasteiger partial charge in [0.05, 0.1) is 17.2 Å². The van der Waals surface area contributed by atoms with Crippen molar-refractivity contribution >= 4 is 41.1 Å². The highest BCUT2D eigenvalue weighted by Crippen LogP contribution is 2.38. The zero-order chi connectivity index (χ0) is 27.7. The van der Waals surface area contributed by atoms with Crippen LogP contribution in [0.5, 0.6) is 0 Å². The second-order valence-corrected chi connectivity index (χ2v) is 17.9. The summed E-state index contributed by atoms with van der Waals surface area (Å²) in [4.78, 5) is 23.0. The molecule has 0 radical (unpaired) electrons.